The summed E-state index contributed by atoms with van der Waals surface area (Å²) in [5.41, 5.74) is 0. The Morgan fingerprint density at radius 1 is 0.857 bits per heavy atom. The molecule has 0 aromatic rings. The predicted octanol–water partition coefficient (Wildman–Crippen LogP) is 4.63. The molecule has 2 heteroatoms. The summed E-state index contributed by atoms with van der Waals surface area (Å²) in [7, 11) is 0. The molecule has 0 unspecified atom stereocenters. The number of hydrogen-bond donors (Lipinski definition) is 0. The molecule has 0 atom stereocenters. The number of carbonyl (C=O) groups is 1. The van der Waals surface area contributed by atoms with Crippen molar-refractivity contribution in [3.63, 3.8) is 0 Å². The maximum atomic E-state index is 10.5. The van der Waals surface area contributed by atoms with E-state index in [1.54, 1.807) is 0 Å². The number of unbranched alkanes of at least 4 members (excludes halogenated alkanes) is 8. The molecule has 0 aromatic carbocycles. The van der Waals surface area contributed by atoms with Crippen LogP contribution in [0.15, 0.2) is 0 Å². The molecule has 0 fully saturated rings. The lowest BCUT2D eigenvalue weighted by Gasteiger charge is -2.00. The molecule has 0 aliphatic carbocycles. The SMILES string of the molecule is CCCCCCCCCCCC(=O)[S]. The lowest BCUT2D eigenvalue weighted by molar-refractivity contribution is -0.110. The van der Waals surface area contributed by atoms with E-state index in [0.717, 1.165) is 6.42 Å². The van der Waals surface area contributed by atoms with Crippen molar-refractivity contribution in [3.05, 3.63) is 0 Å². The maximum absolute atomic E-state index is 10.5. The molecule has 0 bridgehead atoms. The Morgan fingerprint density at radius 3 is 1.71 bits per heavy atom. The summed E-state index contributed by atoms with van der Waals surface area (Å²) in [6, 6.07) is 0. The average molecular weight is 215 g/mol. The average Bonchev–Trinajstić information content (AvgIpc) is 2.15. The van der Waals surface area contributed by atoms with Gasteiger partial charge in [-0.1, -0.05) is 58.3 Å². The van der Waals surface area contributed by atoms with Crippen LogP contribution < -0.4 is 0 Å². The second-order valence-electron chi connectivity index (χ2n) is 3.95. The highest BCUT2D eigenvalue weighted by Gasteiger charge is 1.95. The van der Waals surface area contributed by atoms with Crippen LogP contribution in [0.3, 0.4) is 0 Å². The Hall–Kier alpha value is -0.110. The number of carbonyl (C=O) groups excluding carboxylic acids is 1. The van der Waals surface area contributed by atoms with Gasteiger partial charge in [0.2, 0.25) is 5.12 Å². The zero-order valence-electron chi connectivity index (χ0n) is 9.39. The molecule has 0 rings (SSSR count). The largest absolute Gasteiger partial charge is 0.282 e. The van der Waals surface area contributed by atoms with E-state index in [2.05, 4.69) is 19.6 Å². The highest BCUT2D eigenvalue weighted by Crippen LogP contribution is 2.10. The van der Waals surface area contributed by atoms with Crippen LogP contribution in [0.4, 0.5) is 0 Å². The number of hydrogen-bond acceptors (Lipinski definition) is 1. The van der Waals surface area contributed by atoms with E-state index in [1.165, 1.54) is 51.4 Å². The van der Waals surface area contributed by atoms with Crippen molar-refractivity contribution in [3.8, 4) is 0 Å². The fourth-order valence-electron chi connectivity index (χ4n) is 1.58. The lowest BCUT2D eigenvalue weighted by atomic mass is 10.1. The van der Waals surface area contributed by atoms with E-state index in [-0.39, 0.29) is 5.12 Å². The predicted molar refractivity (Wildman–Crippen MR) is 64.4 cm³/mol. The minimum absolute atomic E-state index is 0.0760. The van der Waals surface area contributed by atoms with Crippen molar-refractivity contribution in [2.24, 2.45) is 0 Å². The Balaban J connectivity index is 2.88. The van der Waals surface area contributed by atoms with Crippen LogP contribution in [0.5, 0.6) is 0 Å². The smallest absolute Gasteiger partial charge is 0.218 e. The topological polar surface area (TPSA) is 17.1 Å². The molecule has 0 saturated heterocycles. The van der Waals surface area contributed by atoms with Crippen molar-refractivity contribution >= 4 is 17.7 Å². The Bertz CT molecular complexity index is 134. The van der Waals surface area contributed by atoms with Crippen LogP contribution in [0.1, 0.15) is 71.1 Å². The van der Waals surface area contributed by atoms with Crippen molar-refractivity contribution in [1.82, 2.24) is 0 Å². The van der Waals surface area contributed by atoms with Gasteiger partial charge in [-0.2, -0.15) is 0 Å². The summed E-state index contributed by atoms with van der Waals surface area (Å²) in [6.07, 6.45) is 12.2. The number of rotatable bonds is 10. The van der Waals surface area contributed by atoms with E-state index in [4.69, 9.17) is 0 Å². The normalized spacial score (nSPS) is 10.4. The first kappa shape index (κ1) is 13.9. The maximum Gasteiger partial charge on any atom is 0.218 e. The molecule has 0 saturated carbocycles. The summed E-state index contributed by atoms with van der Waals surface area (Å²) in [5.74, 6) is 0. The van der Waals surface area contributed by atoms with E-state index in [9.17, 15) is 4.79 Å². The van der Waals surface area contributed by atoms with Crippen LogP contribution >= 0.6 is 12.6 Å². The summed E-state index contributed by atoms with van der Waals surface area (Å²) in [4.78, 5) is 10.5. The van der Waals surface area contributed by atoms with Crippen molar-refractivity contribution in [1.29, 1.82) is 0 Å². The summed E-state index contributed by atoms with van der Waals surface area (Å²) in [6.45, 7) is 2.24. The van der Waals surface area contributed by atoms with Gasteiger partial charge in [-0.3, -0.25) is 4.79 Å². The third-order valence-electron chi connectivity index (χ3n) is 2.48. The molecule has 0 spiro atoms. The summed E-state index contributed by atoms with van der Waals surface area (Å²) < 4.78 is 0. The first-order valence-corrected chi connectivity index (χ1v) is 6.38. The quantitative estimate of drug-likeness (QED) is 0.485. The van der Waals surface area contributed by atoms with Gasteiger partial charge in [0.1, 0.15) is 0 Å². The Labute approximate surface area is 94.1 Å². The molecule has 83 valence electrons. The van der Waals surface area contributed by atoms with Gasteiger partial charge in [0.25, 0.3) is 0 Å². The van der Waals surface area contributed by atoms with Crippen LogP contribution in [0.2, 0.25) is 0 Å². The van der Waals surface area contributed by atoms with Gasteiger partial charge >= 0.3 is 0 Å². The third-order valence-corrected chi connectivity index (χ3v) is 2.69. The highest BCUT2D eigenvalue weighted by molar-refractivity contribution is 7.96. The Morgan fingerprint density at radius 2 is 1.29 bits per heavy atom. The standard InChI is InChI=1S/C12H23OS/c1-2-3-4-5-6-7-8-9-10-11-12(13)14/h2-11H2,1H3. The molecule has 1 nitrogen and oxygen atoms in total. The molecule has 1 radical (unpaired) electrons. The third kappa shape index (κ3) is 11.9. The monoisotopic (exact) mass is 215 g/mol. The minimum atomic E-state index is -0.0760. The van der Waals surface area contributed by atoms with Crippen molar-refractivity contribution in [2.45, 2.75) is 71.1 Å². The molecule has 0 amide bonds. The molecule has 0 aliphatic rings. The zero-order valence-corrected chi connectivity index (χ0v) is 10.2. The van der Waals surface area contributed by atoms with Crippen LogP contribution in [0.25, 0.3) is 0 Å². The summed E-state index contributed by atoms with van der Waals surface area (Å²) >= 11 is 4.49. The first-order valence-electron chi connectivity index (χ1n) is 5.97. The van der Waals surface area contributed by atoms with E-state index >= 15 is 0 Å². The van der Waals surface area contributed by atoms with E-state index < -0.39 is 0 Å². The molecule has 0 aliphatic heterocycles. The van der Waals surface area contributed by atoms with Crippen molar-refractivity contribution < 1.29 is 4.79 Å². The van der Waals surface area contributed by atoms with Gasteiger partial charge in [-0.25, -0.2) is 0 Å². The molecule has 0 heterocycles. The summed E-state index contributed by atoms with van der Waals surface area (Å²) in [5, 5.41) is -0.0760. The van der Waals surface area contributed by atoms with Gasteiger partial charge < -0.3 is 0 Å². The van der Waals surface area contributed by atoms with Gasteiger partial charge in [0.05, 0.1) is 0 Å². The minimum Gasteiger partial charge on any atom is -0.282 e. The molecule has 0 aromatic heterocycles. The van der Waals surface area contributed by atoms with Crippen LogP contribution in [0, 0.1) is 0 Å². The molecule has 14 heavy (non-hydrogen) atoms. The molecular formula is C12H23OS. The molecular weight excluding hydrogens is 192 g/mol. The van der Waals surface area contributed by atoms with Crippen LogP contribution in [-0.2, 0) is 4.79 Å². The lowest BCUT2D eigenvalue weighted by Crippen LogP contribution is -1.86. The van der Waals surface area contributed by atoms with Gasteiger partial charge in [0, 0.05) is 6.42 Å². The van der Waals surface area contributed by atoms with E-state index in [1.807, 2.05) is 0 Å². The van der Waals surface area contributed by atoms with Gasteiger partial charge in [-0.15, -0.1) is 0 Å². The fraction of sp³-hybridized carbons (Fsp3) is 0.917. The second-order valence-corrected chi connectivity index (χ2v) is 4.41. The highest BCUT2D eigenvalue weighted by atomic mass is 32.1. The second kappa shape index (κ2) is 11.0. The van der Waals surface area contributed by atoms with Gasteiger partial charge in [0.15, 0.2) is 0 Å². The van der Waals surface area contributed by atoms with Gasteiger partial charge in [-0.05, 0) is 19.0 Å². The fourth-order valence-corrected chi connectivity index (χ4v) is 1.72. The van der Waals surface area contributed by atoms with Crippen molar-refractivity contribution in [2.75, 3.05) is 0 Å². The zero-order chi connectivity index (χ0) is 10.6. The molecule has 0 N–H and O–H groups in total. The van der Waals surface area contributed by atoms with E-state index in [0.29, 0.717) is 6.42 Å². The Kier molecular flexibility index (Phi) is 10.9. The van der Waals surface area contributed by atoms with Crippen LogP contribution in [-0.4, -0.2) is 5.12 Å². The first-order chi connectivity index (χ1) is 6.77.